The Labute approximate surface area is 167 Å². The SMILES string of the molecule is CC(C)[C@H](NS(=O)(=O)c1cccs1)C(=O)Nc1ccc2c(c1)NC(=O)[C@@H](C)O2. The number of amides is 2. The molecule has 0 bridgehead atoms. The van der Waals surface area contributed by atoms with Crippen LogP contribution in [0.15, 0.2) is 39.9 Å². The molecule has 0 unspecified atom stereocenters. The summed E-state index contributed by atoms with van der Waals surface area (Å²) in [5, 5.41) is 7.06. The monoisotopic (exact) mass is 423 g/mol. The van der Waals surface area contributed by atoms with Gasteiger partial charge in [-0.1, -0.05) is 19.9 Å². The van der Waals surface area contributed by atoms with Crippen molar-refractivity contribution < 1.29 is 22.7 Å². The smallest absolute Gasteiger partial charge is 0.265 e. The highest BCUT2D eigenvalue weighted by Gasteiger charge is 2.29. The summed E-state index contributed by atoms with van der Waals surface area (Å²) in [7, 11) is -3.80. The molecular formula is C18H21N3O5S2. The van der Waals surface area contributed by atoms with Gasteiger partial charge in [0.15, 0.2) is 6.10 Å². The van der Waals surface area contributed by atoms with E-state index in [2.05, 4.69) is 15.4 Å². The molecule has 0 spiro atoms. The molecule has 1 aromatic heterocycles. The summed E-state index contributed by atoms with van der Waals surface area (Å²) in [5.41, 5.74) is 0.865. The number of sulfonamides is 1. The van der Waals surface area contributed by atoms with Crippen LogP contribution in [0, 0.1) is 5.92 Å². The predicted molar refractivity (Wildman–Crippen MR) is 107 cm³/mol. The quantitative estimate of drug-likeness (QED) is 0.660. The highest BCUT2D eigenvalue weighted by Crippen LogP contribution is 2.32. The Kier molecular flexibility index (Phi) is 5.73. The van der Waals surface area contributed by atoms with Crippen LogP contribution in [-0.4, -0.2) is 32.4 Å². The first-order valence-corrected chi connectivity index (χ1v) is 11.0. The standard InChI is InChI=1S/C18H21N3O5S2/c1-10(2)16(21-28(24,25)15-5-4-8-27-15)18(23)19-12-6-7-14-13(9-12)20-17(22)11(3)26-14/h4-11,16,21H,1-3H3,(H,19,23)(H,20,22)/t11-,16+/m1/s1. The number of carbonyl (C=O) groups is 2. The van der Waals surface area contributed by atoms with E-state index in [4.69, 9.17) is 4.74 Å². The lowest BCUT2D eigenvalue weighted by atomic mass is 10.0. The predicted octanol–water partition coefficient (Wildman–Crippen LogP) is 2.41. The van der Waals surface area contributed by atoms with Crippen LogP contribution >= 0.6 is 11.3 Å². The molecule has 2 amide bonds. The summed E-state index contributed by atoms with van der Waals surface area (Å²) in [6.45, 7) is 5.15. The minimum Gasteiger partial charge on any atom is -0.479 e. The molecule has 150 valence electrons. The van der Waals surface area contributed by atoms with Gasteiger partial charge in [0.05, 0.1) is 5.69 Å². The van der Waals surface area contributed by atoms with Gasteiger partial charge in [-0.3, -0.25) is 9.59 Å². The van der Waals surface area contributed by atoms with E-state index in [1.807, 2.05) is 0 Å². The van der Waals surface area contributed by atoms with Crippen LogP contribution in [0.5, 0.6) is 5.75 Å². The largest absolute Gasteiger partial charge is 0.479 e. The minimum atomic E-state index is -3.80. The van der Waals surface area contributed by atoms with Crippen LogP contribution in [-0.2, 0) is 19.6 Å². The number of rotatable bonds is 6. The normalized spacial score (nSPS) is 17.4. The Morgan fingerprint density at radius 2 is 2.04 bits per heavy atom. The van der Waals surface area contributed by atoms with E-state index in [0.29, 0.717) is 17.1 Å². The van der Waals surface area contributed by atoms with Crippen LogP contribution in [0.1, 0.15) is 20.8 Å². The Bertz CT molecular complexity index is 987. The van der Waals surface area contributed by atoms with Crippen molar-refractivity contribution in [3.8, 4) is 5.75 Å². The molecule has 0 fully saturated rings. The number of ether oxygens (including phenoxy) is 1. The number of anilines is 2. The van der Waals surface area contributed by atoms with Crippen molar-refractivity contribution in [3.63, 3.8) is 0 Å². The second-order valence-corrected chi connectivity index (χ2v) is 9.61. The van der Waals surface area contributed by atoms with Crippen LogP contribution in [0.4, 0.5) is 11.4 Å². The molecule has 3 rings (SSSR count). The fourth-order valence-electron chi connectivity index (χ4n) is 2.64. The van der Waals surface area contributed by atoms with Gasteiger partial charge < -0.3 is 15.4 Å². The van der Waals surface area contributed by atoms with Crippen molar-refractivity contribution in [1.29, 1.82) is 0 Å². The number of fused-ring (bicyclic) bond motifs is 1. The molecule has 1 aromatic carbocycles. The van der Waals surface area contributed by atoms with Gasteiger partial charge in [0, 0.05) is 5.69 Å². The second-order valence-electron chi connectivity index (χ2n) is 6.72. The van der Waals surface area contributed by atoms with E-state index in [9.17, 15) is 18.0 Å². The third kappa shape index (κ3) is 4.34. The van der Waals surface area contributed by atoms with Gasteiger partial charge in [-0.2, -0.15) is 4.72 Å². The Morgan fingerprint density at radius 1 is 1.29 bits per heavy atom. The summed E-state index contributed by atoms with van der Waals surface area (Å²) in [6.07, 6.45) is -0.593. The van der Waals surface area contributed by atoms with Gasteiger partial charge >= 0.3 is 0 Å². The zero-order valence-electron chi connectivity index (χ0n) is 15.6. The maximum Gasteiger partial charge on any atom is 0.265 e. The molecule has 3 N–H and O–H groups in total. The lowest BCUT2D eigenvalue weighted by Crippen LogP contribution is -2.46. The number of carbonyl (C=O) groups excluding carboxylic acids is 2. The number of nitrogens with one attached hydrogen (secondary N) is 3. The van der Waals surface area contributed by atoms with E-state index >= 15 is 0 Å². The van der Waals surface area contributed by atoms with Gasteiger partial charge in [-0.05, 0) is 42.5 Å². The highest BCUT2D eigenvalue weighted by molar-refractivity contribution is 7.91. The summed E-state index contributed by atoms with van der Waals surface area (Å²) in [6, 6.07) is 6.99. The van der Waals surface area contributed by atoms with Crippen molar-refractivity contribution in [1.82, 2.24) is 4.72 Å². The molecule has 0 saturated heterocycles. The van der Waals surface area contributed by atoms with E-state index < -0.39 is 28.1 Å². The van der Waals surface area contributed by atoms with Crippen LogP contribution in [0.3, 0.4) is 0 Å². The maximum absolute atomic E-state index is 12.7. The first-order valence-electron chi connectivity index (χ1n) is 8.65. The Balaban J connectivity index is 1.76. The molecule has 2 aromatic rings. The van der Waals surface area contributed by atoms with Gasteiger partial charge in [0.1, 0.15) is 16.0 Å². The molecule has 1 aliphatic rings. The molecule has 10 heteroatoms. The Morgan fingerprint density at radius 3 is 2.68 bits per heavy atom. The van der Waals surface area contributed by atoms with Crippen LogP contribution < -0.4 is 20.1 Å². The molecule has 0 radical (unpaired) electrons. The van der Waals surface area contributed by atoms with Crippen molar-refractivity contribution in [2.24, 2.45) is 5.92 Å². The number of hydrogen-bond acceptors (Lipinski definition) is 6. The lowest BCUT2D eigenvalue weighted by molar-refractivity contribution is -0.122. The van der Waals surface area contributed by atoms with Crippen molar-refractivity contribution in [2.45, 2.75) is 37.1 Å². The highest BCUT2D eigenvalue weighted by atomic mass is 32.2. The fourth-order valence-corrected chi connectivity index (χ4v) is 4.99. The van der Waals surface area contributed by atoms with Crippen LogP contribution in [0.25, 0.3) is 0 Å². The van der Waals surface area contributed by atoms with Crippen molar-refractivity contribution >= 4 is 44.5 Å². The van der Waals surface area contributed by atoms with Gasteiger partial charge in [-0.15, -0.1) is 11.3 Å². The molecule has 0 saturated carbocycles. The van der Waals surface area contributed by atoms with E-state index in [1.54, 1.807) is 50.4 Å². The Hall–Kier alpha value is -2.43. The fraction of sp³-hybridized carbons (Fsp3) is 0.333. The number of hydrogen-bond donors (Lipinski definition) is 3. The maximum atomic E-state index is 12.7. The summed E-state index contributed by atoms with van der Waals surface area (Å²) < 4.78 is 33.1. The molecule has 2 heterocycles. The third-order valence-corrected chi connectivity index (χ3v) is 7.01. The van der Waals surface area contributed by atoms with E-state index in [1.165, 1.54) is 6.07 Å². The zero-order valence-corrected chi connectivity index (χ0v) is 17.2. The summed E-state index contributed by atoms with van der Waals surface area (Å²) >= 11 is 1.08. The zero-order chi connectivity index (χ0) is 20.5. The van der Waals surface area contributed by atoms with Crippen LogP contribution in [0.2, 0.25) is 0 Å². The lowest BCUT2D eigenvalue weighted by Gasteiger charge is -2.24. The topological polar surface area (TPSA) is 114 Å². The van der Waals surface area contributed by atoms with E-state index in [0.717, 1.165) is 11.3 Å². The summed E-state index contributed by atoms with van der Waals surface area (Å²) in [4.78, 5) is 24.5. The minimum absolute atomic E-state index is 0.147. The van der Waals surface area contributed by atoms with Crippen molar-refractivity contribution in [3.05, 3.63) is 35.7 Å². The number of benzene rings is 1. The molecule has 28 heavy (non-hydrogen) atoms. The first-order chi connectivity index (χ1) is 13.2. The summed E-state index contributed by atoms with van der Waals surface area (Å²) in [5.74, 6) is -0.550. The van der Waals surface area contributed by atoms with Crippen molar-refractivity contribution in [2.75, 3.05) is 10.6 Å². The molecular weight excluding hydrogens is 402 g/mol. The molecule has 0 aliphatic carbocycles. The third-order valence-electron chi connectivity index (χ3n) is 4.17. The van der Waals surface area contributed by atoms with E-state index in [-0.39, 0.29) is 16.0 Å². The van der Waals surface area contributed by atoms with Gasteiger partial charge in [0.2, 0.25) is 5.91 Å². The van der Waals surface area contributed by atoms with Gasteiger partial charge in [0.25, 0.3) is 15.9 Å². The average Bonchev–Trinajstić information content (AvgIpc) is 3.16. The number of thiophene rings is 1. The molecule has 2 atom stereocenters. The first kappa shape index (κ1) is 20.3. The van der Waals surface area contributed by atoms with Gasteiger partial charge in [-0.25, -0.2) is 8.42 Å². The molecule has 8 nitrogen and oxygen atoms in total. The molecule has 1 aliphatic heterocycles. The second kappa shape index (κ2) is 7.90. The average molecular weight is 424 g/mol.